The lowest BCUT2D eigenvalue weighted by molar-refractivity contribution is 0.408. The van der Waals surface area contributed by atoms with Gasteiger partial charge in [0.25, 0.3) is 0 Å². The number of hydrogen-bond acceptors (Lipinski definition) is 2. The van der Waals surface area contributed by atoms with E-state index >= 15 is 0 Å². The maximum absolute atomic E-state index is 5.30. The van der Waals surface area contributed by atoms with Crippen molar-refractivity contribution in [2.45, 2.75) is 25.3 Å². The van der Waals surface area contributed by atoms with Gasteiger partial charge in [0, 0.05) is 6.04 Å². The zero-order valence-corrected chi connectivity index (χ0v) is 9.12. The molecule has 0 saturated heterocycles. The molecule has 15 heavy (non-hydrogen) atoms. The molecule has 0 aromatic heterocycles. The summed E-state index contributed by atoms with van der Waals surface area (Å²) >= 11 is 0. The van der Waals surface area contributed by atoms with Gasteiger partial charge in [0.05, 0.1) is 7.11 Å². The van der Waals surface area contributed by atoms with Crippen molar-refractivity contribution in [3.05, 3.63) is 29.3 Å². The van der Waals surface area contributed by atoms with Gasteiger partial charge in [-0.15, -0.1) is 0 Å². The van der Waals surface area contributed by atoms with Crippen molar-refractivity contribution >= 4 is 0 Å². The molecule has 1 saturated carbocycles. The van der Waals surface area contributed by atoms with Gasteiger partial charge in [0.2, 0.25) is 0 Å². The molecule has 0 bridgehead atoms. The van der Waals surface area contributed by atoms with E-state index in [1.165, 1.54) is 24.0 Å². The molecule has 2 nitrogen and oxygen atoms in total. The maximum Gasteiger partial charge on any atom is 0.119 e. The summed E-state index contributed by atoms with van der Waals surface area (Å²) in [5.74, 6) is 1.86. The van der Waals surface area contributed by atoms with Crippen LogP contribution in [0, 0.1) is 5.92 Å². The molecule has 1 heterocycles. The zero-order chi connectivity index (χ0) is 10.3. The molecular formula is C13H17NO. The Balaban J connectivity index is 1.99. The van der Waals surface area contributed by atoms with Crippen LogP contribution < -0.4 is 10.1 Å². The summed E-state index contributed by atoms with van der Waals surface area (Å²) in [5.41, 5.74) is 2.98. The molecule has 1 aromatic carbocycles. The van der Waals surface area contributed by atoms with E-state index in [1.807, 2.05) is 0 Å². The fraction of sp³-hybridized carbons (Fsp3) is 0.538. The van der Waals surface area contributed by atoms with Crippen LogP contribution in [0.15, 0.2) is 18.2 Å². The third kappa shape index (κ3) is 1.63. The molecule has 2 heteroatoms. The lowest BCUT2D eigenvalue weighted by Crippen LogP contribution is -2.31. The average Bonchev–Trinajstić information content (AvgIpc) is 3.11. The van der Waals surface area contributed by atoms with Crippen molar-refractivity contribution in [2.24, 2.45) is 5.92 Å². The number of fused-ring (bicyclic) bond motifs is 1. The smallest absolute Gasteiger partial charge is 0.119 e. The molecular weight excluding hydrogens is 186 g/mol. The fourth-order valence-corrected chi connectivity index (χ4v) is 2.54. The van der Waals surface area contributed by atoms with Gasteiger partial charge in [-0.1, -0.05) is 6.07 Å². The van der Waals surface area contributed by atoms with Crippen molar-refractivity contribution in [1.29, 1.82) is 0 Å². The average molecular weight is 203 g/mol. The molecule has 2 aliphatic rings. The van der Waals surface area contributed by atoms with Gasteiger partial charge in [0.15, 0.2) is 0 Å². The van der Waals surface area contributed by atoms with E-state index in [-0.39, 0.29) is 0 Å². The number of nitrogens with one attached hydrogen (secondary N) is 1. The van der Waals surface area contributed by atoms with E-state index in [2.05, 4.69) is 23.5 Å². The molecule has 1 fully saturated rings. The number of hydrogen-bond donors (Lipinski definition) is 1. The zero-order valence-electron chi connectivity index (χ0n) is 9.12. The Morgan fingerprint density at radius 1 is 1.33 bits per heavy atom. The first-order valence-corrected chi connectivity index (χ1v) is 5.78. The number of benzene rings is 1. The monoisotopic (exact) mass is 203 g/mol. The molecule has 80 valence electrons. The Bertz CT molecular complexity index is 371. The number of methoxy groups -OCH3 is 1. The van der Waals surface area contributed by atoms with Crippen LogP contribution in [0.5, 0.6) is 5.75 Å². The van der Waals surface area contributed by atoms with Crippen LogP contribution in [-0.2, 0) is 6.42 Å². The standard InChI is InChI=1S/C13H17NO/c1-15-11-5-4-9-6-7-14-13(10-2-3-10)12(9)8-11/h4-5,8,10,13-14H,2-3,6-7H2,1H3. The highest BCUT2D eigenvalue weighted by Gasteiger charge is 2.34. The molecule has 1 aliphatic heterocycles. The van der Waals surface area contributed by atoms with E-state index in [0.717, 1.165) is 24.6 Å². The van der Waals surface area contributed by atoms with E-state index in [1.54, 1.807) is 7.11 Å². The van der Waals surface area contributed by atoms with Gasteiger partial charge >= 0.3 is 0 Å². The summed E-state index contributed by atoms with van der Waals surface area (Å²) < 4.78 is 5.30. The Hall–Kier alpha value is -1.02. The van der Waals surface area contributed by atoms with Gasteiger partial charge in [-0.3, -0.25) is 0 Å². The highest BCUT2D eigenvalue weighted by atomic mass is 16.5. The second kappa shape index (κ2) is 3.53. The molecule has 1 unspecified atom stereocenters. The largest absolute Gasteiger partial charge is 0.497 e. The normalized spacial score (nSPS) is 24.7. The Morgan fingerprint density at radius 2 is 2.20 bits per heavy atom. The molecule has 0 amide bonds. The fourth-order valence-electron chi connectivity index (χ4n) is 2.54. The van der Waals surface area contributed by atoms with Gasteiger partial charge in [-0.2, -0.15) is 0 Å². The van der Waals surface area contributed by atoms with Gasteiger partial charge in [-0.05, 0) is 55.0 Å². The third-order valence-electron chi connectivity index (χ3n) is 3.54. The SMILES string of the molecule is COc1ccc2c(c1)C(C1CC1)NCC2. The minimum Gasteiger partial charge on any atom is -0.497 e. The topological polar surface area (TPSA) is 21.3 Å². The molecule has 0 radical (unpaired) electrons. The van der Waals surface area contributed by atoms with Crippen molar-refractivity contribution in [3.8, 4) is 5.75 Å². The molecule has 3 rings (SSSR count). The molecule has 1 aliphatic carbocycles. The van der Waals surface area contributed by atoms with Gasteiger partial charge in [0.1, 0.15) is 5.75 Å². The minimum absolute atomic E-state index is 0.587. The van der Waals surface area contributed by atoms with Crippen LogP contribution in [0.25, 0.3) is 0 Å². The summed E-state index contributed by atoms with van der Waals surface area (Å²) in [6.07, 6.45) is 3.92. The van der Waals surface area contributed by atoms with E-state index in [4.69, 9.17) is 4.74 Å². The van der Waals surface area contributed by atoms with Crippen LogP contribution in [0.3, 0.4) is 0 Å². The van der Waals surface area contributed by atoms with Crippen LogP contribution >= 0.6 is 0 Å². The first-order valence-electron chi connectivity index (χ1n) is 5.78. The third-order valence-corrected chi connectivity index (χ3v) is 3.54. The summed E-state index contributed by atoms with van der Waals surface area (Å²) in [7, 11) is 1.74. The lowest BCUT2D eigenvalue weighted by Gasteiger charge is -2.27. The van der Waals surface area contributed by atoms with Crippen molar-refractivity contribution < 1.29 is 4.74 Å². The van der Waals surface area contributed by atoms with Crippen molar-refractivity contribution in [2.75, 3.05) is 13.7 Å². The highest BCUT2D eigenvalue weighted by Crippen LogP contribution is 2.43. The van der Waals surface area contributed by atoms with Crippen molar-refractivity contribution in [1.82, 2.24) is 5.32 Å². The Morgan fingerprint density at radius 3 is 2.93 bits per heavy atom. The first-order chi connectivity index (χ1) is 7.38. The van der Waals surface area contributed by atoms with E-state index < -0.39 is 0 Å². The quantitative estimate of drug-likeness (QED) is 0.796. The highest BCUT2D eigenvalue weighted by molar-refractivity contribution is 5.40. The second-order valence-corrected chi connectivity index (χ2v) is 4.58. The maximum atomic E-state index is 5.30. The second-order valence-electron chi connectivity index (χ2n) is 4.58. The predicted molar refractivity (Wildman–Crippen MR) is 60.2 cm³/mol. The Kier molecular flexibility index (Phi) is 2.17. The minimum atomic E-state index is 0.587. The van der Waals surface area contributed by atoms with Crippen LogP contribution in [0.4, 0.5) is 0 Å². The summed E-state index contributed by atoms with van der Waals surface area (Å²) in [5, 5.41) is 3.63. The predicted octanol–water partition coefficient (Wildman–Crippen LogP) is 2.29. The van der Waals surface area contributed by atoms with Gasteiger partial charge < -0.3 is 10.1 Å². The Labute approximate surface area is 90.6 Å². The van der Waals surface area contributed by atoms with Crippen LogP contribution in [0.1, 0.15) is 30.0 Å². The molecule has 1 aromatic rings. The van der Waals surface area contributed by atoms with Crippen LogP contribution in [0.2, 0.25) is 0 Å². The molecule has 1 atom stereocenters. The van der Waals surface area contributed by atoms with E-state index in [9.17, 15) is 0 Å². The van der Waals surface area contributed by atoms with Gasteiger partial charge in [-0.25, -0.2) is 0 Å². The first kappa shape index (κ1) is 9.22. The summed E-state index contributed by atoms with van der Waals surface area (Å²) in [6, 6.07) is 7.10. The van der Waals surface area contributed by atoms with Crippen molar-refractivity contribution in [3.63, 3.8) is 0 Å². The van der Waals surface area contributed by atoms with Crippen LogP contribution in [-0.4, -0.2) is 13.7 Å². The lowest BCUT2D eigenvalue weighted by atomic mass is 9.91. The summed E-state index contributed by atoms with van der Waals surface area (Å²) in [4.78, 5) is 0. The number of rotatable bonds is 2. The molecule has 1 N–H and O–H groups in total. The van der Waals surface area contributed by atoms with E-state index in [0.29, 0.717) is 6.04 Å². The summed E-state index contributed by atoms with van der Waals surface area (Å²) in [6.45, 7) is 1.13. The number of ether oxygens (including phenoxy) is 1. The molecule has 0 spiro atoms.